The van der Waals surface area contributed by atoms with Crippen molar-refractivity contribution < 1.29 is 8.78 Å². The molecule has 1 saturated carbocycles. The first-order chi connectivity index (χ1) is 9.20. The lowest BCUT2D eigenvalue weighted by molar-refractivity contribution is 0.401. The number of rotatable bonds is 1. The normalized spacial score (nSPS) is 15.7. The van der Waals surface area contributed by atoms with E-state index in [1.165, 1.54) is 23.1 Å². The molecule has 0 bridgehead atoms. The summed E-state index contributed by atoms with van der Waals surface area (Å²) in [5.74, 6) is 5.19. The Hall–Kier alpha value is -0.730. The number of nitrogens with zero attached hydrogens (tertiary/aromatic N) is 2. The summed E-state index contributed by atoms with van der Waals surface area (Å²) in [4.78, 5) is 0. The molecule has 1 unspecified atom stereocenters. The zero-order chi connectivity index (χ0) is 13.4. The predicted octanol–water partition coefficient (Wildman–Crippen LogP) is 4.26. The van der Waals surface area contributed by atoms with Gasteiger partial charge in [-0.1, -0.05) is 18.3 Å². The largest absolute Gasteiger partial charge is 0.234 e. The van der Waals surface area contributed by atoms with Crippen LogP contribution in [-0.4, -0.2) is 9.55 Å². The van der Waals surface area contributed by atoms with E-state index in [-0.39, 0.29) is 22.8 Å². The second-order valence-corrected chi connectivity index (χ2v) is 6.56. The Morgan fingerprint density at radius 2 is 2.21 bits per heavy atom. The molecule has 1 aliphatic carbocycles. The predicted molar refractivity (Wildman–Crippen MR) is 81.6 cm³/mol. The van der Waals surface area contributed by atoms with Crippen molar-refractivity contribution in [2.24, 2.45) is 5.92 Å². The van der Waals surface area contributed by atoms with Crippen LogP contribution in [-0.2, 0) is 0 Å². The summed E-state index contributed by atoms with van der Waals surface area (Å²) in [6.07, 6.45) is 4.91. The van der Waals surface area contributed by atoms with Gasteiger partial charge < -0.3 is 0 Å². The summed E-state index contributed by atoms with van der Waals surface area (Å²) in [5, 5.41) is 4.20. The number of hydrogen-bond donors (Lipinski definition) is 0. The molecule has 0 radical (unpaired) electrons. The highest BCUT2D eigenvalue weighted by Gasteiger charge is 2.17. The van der Waals surface area contributed by atoms with Gasteiger partial charge in [-0.25, -0.2) is 13.2 Å². The molecule has 3 rings (SSSR count). The molecule has 19 heavy (non-hydrogen) atoms. The van der Waals surface area contributed by atoms with Crippen LogP contribution >= 0.6 is 28.4 Å². The van der Waals surface area contributed by atoms with E-state index in [9.17, 15) is 8.78 Å². The molecule has 6 heteroatoms. The molecule has 1 heterocycles. The lowest BCUT2D eigenvalue weighted by Crippen LogP contribution is -2.07. The van der Waals surface area contributed by atoms with Crippen LogP contribution in [0.4, 0.5) is 8.78 Å². The quantitative estimate of drug-likeness (QED) is 0.404. The summed E-state index contributed by atoms with van der Waals surface area (Å²) in [6, 6.07) is 1.18. The Morgan fingerprint density at radius 3 is 2.84 bits per heavy atom. The summed E-state index contributed by atoms with van der Waals surface area (Å²) in [6.45, 7) is 0. The topological polar surface area (TPSA) is 17.8 Å². The van der Waals surface area contributed by atoms with E-state index < -0.39 is 11.6 Å². The van der Waals surface area contributed by atoms with E-state index in [2.05, 4.69) is 39.0 Å². The average molecular weight is 390 g/mol. The molecule has 2 nitrogen and oxygen atoms in total. The Balaban J connectivity index is 2.10. The van der Waals surface area contributed by atoms with E-state index in [1.807, 2.05) is 0 Å². The fourth-order valence-corrected chi connectivity index (χ4v) is 3.54. The van der Waals surface area contributed by atoms with Crippen molar-refractivity contribution in [2.75, 3.05) is 0 Å². The van der Waals surface area contributed by atoms with E-state index in [1.54, 1.807) is 0 Å². The first-order valence-corrected chi connectivity index (χ1v) is 10.0. The van der Waals surface area contributed by atoms with Crippen LogP contribution in [0.5, 0.6) is 0 Å². The molecule has 0 spiro atoms. The Bertz CT molecular complexity index is 698. The zero-order valence-corrected chi connectivity index (χ0v) is 13.0. The Kier molecular flexibility index (Phi) is 3.72. The van der Waals surface area contributed by atoms with Crippen LogP contribution in [0, 0.1) is 29.4 Å². The maximum Gasteiger partial charge on any atom is 0.150 e. The maximum absolute atomic E-state index is 14.2. The summed E-state index contributed by atoms with van der Waals surface area (Å²) < 4.78 is 29.8. The third-order valence-corrected chi connectivity index (χ3v) is 5.21. The molecule has 98 valence electrons. The number of fused-ring (bicyclic) bond motifs is 1. The Morgan fingerprint density at radius 1 is 1.42 bits per heavy atom. The number of hydrogen-bond acceptors (Lipinski definition) is 1. The first kappa shape index (κ1) is 13.3. The lowest BCUT2D eigenvalue weighted by atomic mass is 9.86. The van der Waals surface area contributed by atoms with Crippen LogP contribution in [0.3, 0.4) is 0 Å². The first-order valence-electron chi connectivity index (χ1n) is 5.94. The van der Waals surface area contributed by atoms with E-state index in [0.29, 0.717) is 5.92 Å². The monoisotopic (exact) mass is 390 g/mol. The SMILES string of the molecule is Fc1c(C#CC2CCC2)cc(F)c2c1cnn2PI. The second kappa shape index (κ2) is 5.34. The minimum Gasteiger partial charge on any atom is -0.234 e. The number of benzene rings is 1. The van der Waals surface area contributed by atoms with Gasteiger partial charge in [0, 0.05) is 5.92 Å². The molecule has 1 fully saturated rings. The van der Waals surface area contributed by atoms with Gasteiger partial charge in [0.15, 0.2) is 5.82 Å². The molecule has 1 atom stereocenters. The van der Waals surface area contributed by atoms with Gasteiger partial charge in [0.05, 0.1) is 23.5 Å². The van der Waals surface area contributed by atoms with Gasteiger partial charge in [-0.2, -0.15) is 5.10 Å². The summed E-state index contributed by atoms with van der Waals surface area (Å²) in [5.41, 5.74) is 0.354. The Labute approximate surface area is 124 Å². The van der Waals surface area contributed by atoms with Crippen LogP contribution in [0.1, 0.15) is 24.8 Å². The summed E-state index contributed by atoms with van der Waals surface area (Å²) >= 11 is 2.08. The van der Waals surface area contributed by atoms with Crippen LogP contribution in [0.15, 0.2) is 12.3 Å². The van der Waals surface area contributed by atoms with Gasteiger partial charge in [0.1, 0.15) is 11.3 Å². The number of aromatic nitrogens is 2. The van der Waals surface area contributed by atoms with E-state index in [4.69, 9.17) is 0 Å². The standard InChI is InChI=1S/C13H10F2IN2P/c14-11-6-9(5-4-8-2-1-3-8)12(15)10-7-17-18(19-16)13(10)11/h6-8,19H,1-3H2. The number of halogens is 3. The molecule has 0 aliphatic heterocycles. The van der Waals surface area contributed by atoms with Crippen molar-refractivity contribution in [1.82, 2.24) is 9.55 Å². The smallest absolute Gasteiger partial charge is 0.150 e. The molecule has 2 aromatic rings. The molecule has 1 aliphatic rings. The van der Waals surface area contributed by atoms with Crippen molar-refractivity contribution >= 4 is 39.3 Å². The van der Waals surface area contributed by atoms with Crippen LogP contribution in [0.25, 0.3) is 10.9 Å². The van der Waals surface area contributed by atoms with Crippen molar-refractivity contribution in [3.8, 4) is 11.8 Å². The highest BCUT2D eigenvalue weighted by molar-refractivity contribution is 14.2. The van der Waals surface area contributed by atoms with Crippen molar-refractivity contribution in [2.45, 2.75) is 19.3 Å². The third-order valence-electron chi connectivity index (χ3n) is 3.34. The molecule has 0 amide bonds. The van der Waals surface area contributed by atoms with Crippen molar-refractivity contribution in [3.05, 3.63) is 29.5 Å². The molecule has 0 N–H and O–H groups in total. The molecular formula is C13H10F2IN2P. The molecule has 1 aromatic heterocycles. The molecule has 0 saturated heterocycles. The maximum atomic E-state index is 14.2. The van der Waals surface area contributed by atoms with Crippen LogP contribution < -0.4 is 0 Å². The van der Waals surface area contributed by atoms with Gasteiger partial charge in [-0.3, -0.25) is 0 Å². The van der Waals surface area contributed by atoms with Gasteiger partial charge >= 0.3 is 0 Å². The van der Waals surface area contributed by atoms with Crippen molar-refractivity contribution in [1.29, 1.82) is 0 Å². The minimum atomic E-state index is -0.468. The van der Waals surface area contributed by atoms with E-state index >= 15 is 0 Å². The van der Waals surface area contributed by atoms with Crippen LogP contribution in [0.2, 0.25) is 0 Å². The highest BCUT2D eigenvalue weighted by Crippen LogP contribution is 2.32. The zero-order valence-electron chi connectivity index (χ0n) is 9.88. The van der Waals surface area contributed by atoms with Gasteiger partial charge in [0.2, 0.25) is 0 Å². The molecule has 1 aromatic carbocycles. The molecular weight excluding hydrogens is 380 g/mol. The highest BCUT2D eigenvalue weighted by atomic mass is 127. The van der Waals surface area contributed by atoms with E-state index in [0.717, 1.165) is 12.8 Å². The van der Waals surface area contributed by atoms with Gasteiger partial charge in [-0.15, -0.1) is 0 Å². The fourth-order valence-electron chi connectivity index (χ4n) is 2.03. The lowest BCUT2D eigenvalue weighted by Gasteiger charge is -2.18. The van der Waals surface area contributed by atoms with Crippen molar-refractivity contribution in [3.63, 3.8) is 0 Å². The second-order valence-electron chi connectivity index (χ2n) is 4.52. The fraction of sp³-hybridized carbons (Fsp3) is 0.308. The summed E-state index contributed by atoms with van der Waals surface area (Å²) in [7, 11) is 0. The van der Waals surface area contributed by atoms with Gasteiger partial charge in [0.25, 0.3) is 0 Å². The minimum absolute atomic E-state index is 0.133. The average Bonchev–Trinajstić information content (AvgIpc) is 2.77. The third kappa shape index (κ3) is 2.36. The van der Waals surface area contributed by atoms with Gasteiger partial charge in [-0.05, 0) is 40.9 Å².